The van der Waals surface area contributed by atoms with Gasteiger partial charge in [0.15, 0.2) is 0 Å². The van der Waals surface area contributed by atoms with Gasteiger partial charge in [0.05, 0.1) is 5.56 Å². The second-order valence-electron chi connectivity index (χ2n) is 4.47. The highest BCUT2D eigenvalue weighted by Gasteiger charge is 2.35. The van der Waals surface area contributed by atoms with Crippen molar-refractivity contribution in [1.82, 2.24) is 9.55 Å². The Hall–Kier alpha value is -1.89. The molecule has 0 saturated carbocycles. The summed E-state index contributed by atoms with van der Waals surface area (Å²) in [6.07, 6.45) is -1.35. The first-order valence-electron chi connectivity index (χ1n) is 5.88. The van der Waals surface area contributed by atoms with E-state index in [9.17, 15) is 17.6 Å². The van der Waals surface area contributed by atoms with Gasteiger partial charge in [0.1, 0.15) is 11.6 Å². The number of hydrogen-bond acceptors (Lipinski definition) is 2. The number of benzene rings is 1. The molecule has 2 rings (SSSR count). The van der Waals surface area contributed by atoms with Crippen LogP contribution in [0.4, 0.5) is 17.6 Å². The van der Waals surface area contributed by atoms with Gasteiger partial charge in [-0.3, -0.25) is 0 Å². The number of nitrogens with zero attached hydrogens (tertiary/aromatic N) is 2. The summed E-state index contributed by atoms with van der Waals surface area (Å²) in [4.78, 5) is 4.02. The van der Waals surface area contributed by atoms with Crippen molar-refractivity contribution >= 4 is 0 Å². The summed E-state index contributed by atoms with van der Waals surface area (Å²) in [5.41, 5.74) is 4.34. The van der Waals surface area contributed by atoms with Crippen molar-refractivity contribution in [3.63, 3.8) is 0 Å². The number of rotatable bonds is 3. The molecular formula is C13H13F4N3. The van der Waals surface area contributed by atoms with Crippen molar-refractivity contribution in [1.29, 1.82) is 0 Å². The van der Waals surface area contributed by atoms with Crippen molar-refractivity contribution in [2.75, 3.05) is 0 Å². The fraction of sp³-hybridized carbons (Fsp3) is 0.308. The minimum absolute atomic E-state index is 0.154. The molecule has 7 heteroatoms. The predicted octanol–water partition coefficient (Wildman–Crippen LogP) is 2.82. The number of alkyl halides is 3. The lowest BCUT2D eigenvalue weighted by molar-refractivity contribution is -0.140. The average molecular weight is 287 g/mol. The fourth-order valence-corrected chi connectivity index (χ4v) is 1.95. The van der Waals surface area contributed by atoms with Gasteiger partial charge in [-0.2, -0.15) is 13.2 Å². The van der Waals surface area contributed by atoms with Crippen molar-refractivity contribution < 1.29 is 17.6 Å². The van der Waals surface area contributed by atoms with Crippen LogP contribution in [0.3, 0.4) is 0 Å². The molecule has 2 aromatic rings. The van der Waals surface area contributed by atoms with Gasteiger partial charge >= 0.3 is 6.18 Å². The topological polar surface area (TPSA) is 43.8 Å². The predicted molar refractivity (Wildman–Crippen MR) is 65.2 cm³/mol. The second kappa shape index (κ2) is 5.24. The Labute approximate surface area is 113 Å². The van der Waals surface area contributed by atoms with Gasteiger partial charge in [0, 0.05) is 37.5 Å². The highest BCUT2D eigenvalue weighted by molar-refractivity contribution is 5.30. The molecule has 108 valence electrons. The molecule has 0 amide bonds. The molecule has 0 aliphatic rings. The van der Waals surface area contributed by atoms with Crippen LogP contribution in [0.1, 0.15) is 23.0 Å². The molecule has 0 saturated heterocycles. The van der Waals surface area contributed by atoms with E-state index < -0.39 is 23.6 Å². The molecule has 1 aromatic carbocycles. The fourth-order valence-electron chi connectivity index (χ4n) is 1.95. The number of hydrogen-bond donors (Lipinski definition) is 1. The Balaban J connectivity index is 2.31. The van der Waals surface area contributed by atoms with Crippen molar-refractivity contribution in [3.05, 3.63) is 53.4 Å². The lowest BCUT2D eigenvalue weighted by Gasteiger charge is -2.16. The van der Waals surface area contributed by atoms with Crippen LogP contribution >= 0.6 is 0 Å². The van der Waals surface area contributed by atoms with Crippen molar-refractivity contribution in [3.8, 4) is 0 Å². The monoisotopic (exact) mass is 287 g/mol. The number of aromatic nitrogens is 2. The van der Waals surface area contributed by atoms with Gasteiger partial charge in [-0.25, -0.2) is 9.37 Å². The van der Waals surface area contributed by atoms with E-state index in [1.807, 2.05) is 0 Å². The molecule has 1 atom stereocenters. The van der Waals surface area contributed by atoms with E-state index in [0.29, 0.717) is 11.9 Å². The molecule has 20 heavy (non-hydrogen) atoms. The highest BCUT2D eigenvalue weighted by Crippen LogP contribution is 2.33. The Morgan fingerprint density at radius 2 is 2.05 bits per heavy atom. The minimum Gasteiger partial charge on any atom is -0.338 e. The normalized spacial score (nSPS) is 13.5. The number of nitrogens with two attached hydrogens (primary N) is 1. The van der Waals surface area contributed by atoms with Crippen molar-refractivity contribution in [2.45, 2.75) is 18.6 Å². The smallest absolute Gasteiger partial charge is 0.338 e. The molecular weight excluding hydrogens is 274 g/mol. The SMILES string of the molecule is Cn1ccnc1CC(N)c1cccc(C(F)(F)F)c1F. The first kappa shape index (κ1) is 14.5. The van der Waals surface area contributed by atoms with Crippen molar-refractivity contribution in [2.24, 2.45) is 12.8 Å². The average Bonchev–Trinajstić information content (AvgIpc) is 2.73. The largest absolute Gasteiger partial charge is 0.419 e. The molecule has 1 unspecified atom stereocenters. The molecule has 3 nitrogen and oxygen atoms in total. The summed E-state index contributed by atoms with van der Waals surface area (Å²) in [7, 11) is 1.73. The van der Waals surface area contributed by atoms with Gasteiger partial charge in [-0.05, 0) is 6.07 Å². The van der Waals surface area contributed by atoms with E-state index in [0.717, 1.165) is 6.07 Å². The molecule has 2 N–H and O–H groups in total. The van der Waals surface area contributed by atoms with Crippen LogP contribution in [0, 0.1) is 5.82 Å². The van der Waals surface area contributed by atoms with E-state index >= 15 is 0 Å². The summed E-state index contributed by atoms with van der Waals surface area (Å²) in [5.74, 6) is -0.740. The van der Waals surface area contributed by atoms with Crippen LogP contribution in [0.5, 0.6) is 0 Å². The van der Waals surface area contributed by atoms with Gasteiger partial charge in [0.25, 0.3) is 0 Å². The Morgan fingerprint density at radius 1 is 1.35 bits per heavy atom. The van der Waals surface area contributed by atoms with Gasteiger partial charge < -0.3 is 10.3 Å². The van der Waals surface area contributed by atoms with Crippen LogP contribution in [0.25, 0.3) is 0 Å². The molecule has 0 aliphatic heterocycles. The summed E-state index contributed by atoms with van der Waals surface area (Å²) >= 11 is 0. The maximum absolute atomic E-state index is 13.9. The van der Waals surface area contributed by atoms with Crippen LogP contribution < -0.4 is 5.73 Å². The summed E-state index contributed by atoms with van der Waals surface area (Å²) < 4.78 is 53.5. The van der Waals surface area contributed by atoms with Crippen LogP contribution in [0.15, 0.2) is 30.6 Å². The molecule has 0 aliphatic carbocycles. The minimum atomic E-state index is -4.73. The lowest BCUT2D eigenvalue weighted by atomic mass is 10.0. The molecule has 0 bridgehead atoms. The Bertz CT molecular complexity index is 604. The molecule has 1 heterocycles. The zero-order chi connectivity index (χ0) is 14.9. The van der Waals surface area contributed by atoms with Crippen LogP contribution in [0.2, 0.25) is 0 Å². The van der Waals surface area contributed by atoms with Crippen LogP contribution in [-0.4, -0.2) is 9.55 Å². The maximum atomic E-state index is 13.9. The van der Waals surface area contributed by atoms with Gasteiger partial charge in [-0.1, -0.05) is 12.1 Å². The summed E-state index contributed by atoms with van der Waals surface area (Å²) in [6, 6.07) is 2.22. The van der Waals surface area contributed by atoms with E-state index in [2.05, 4.69) is 4.98 Å². The molecule has 0 fully saturated rings. The third-order valence-electron chi connectivity index (χ3n) is 3.06. The first-order chi connectivity index (χ1) is 9.30. The second-order valence-corrected chi connectivity index (χ2v) is 4.47. The number of halogens is 4. The zero-order valence-corrected chi connectivity index (χ0v) is 10.7. The molecule has 1 aromatic heterocycles. The van der Waals surface area contributed by atoms with E-state index in [-0.39, 0.29) is 12.0 Å². The van der Waals surface area contributed by atoms with E-state index in [1.54, 1.807) is 24.0 Å². The number of imidazole rings is 1. The van der Waals surface area contributed by atoms with E-state index in [1.165, 1.54) is 6.07 Å². The van der Waals surface area contributed by atoms with Gasteiger partial charge in [-0.15, -0.1) is 0 Å². The van der Waals surface area contributed by atoms with Gasteiger partial charge in [0.2, 0.25) is 0 Å². The lowest BCUT2D eigenvalue weighted by Crippen LogP contribution is -2.19. The first-order valence-corrected chi connectivity index (χ1v) is 5.88. The third kappa shape index (κ3) is 2.82. The van der Waals surface area contributed by atoms with E-state index in [4.69, 9.17) is 5.73 Å². The summed E-state index contributed by atoms with van der Waals surface area (Å²) in [5, 5.41) is 0. The Kier molecular flexibility index (Phi) is 3.80. The molecule has 0 radical (unpaired) electrons. The van der Waals surface area contributed by atoms with Crippen LogP contribution in [-0.2, 0) is 19.6 Å². The Morgan fingerprint density at radius 3 is 2.60 bits per heavy atom. The zero-order valence-electron chi connectivity index (χ0n) is 10.7. The quantitative estimate of drug-likeness (QED) is 0.882. The molecule has 0 spiro atoms. The maximum Gasteiger partial charge on any atom is 0.419 e. The highest BCUT2D eigenvalue weighted by atomic mass is 19.4. The third-order valence-corrected chi connectivity index (χ3v) is 3.06. The standard InChI is InChI=1S/C13H13F4N3/c1-20-6-5-19-11(20)7-10(18)8-3-2-4-9(12(8)14)13(15,16)17/h2-6,10H,7,18H2,1H3. The summed E-state index contributed by atoms with van der Waals surface area (Å²) in [6.45, 7) is 0. The number of aryl methyl sites for hydroxylation is 1.